The molecule has 3 nitrogen and oxygen atoms in total. The van der Waals surface area contributed by atoms with Crippen LogP contribution in [0, 0.1) is 0 Å². The Morgan fingerprint density at radius 1 is 1.43 bits per heavy atom. The minimum atomic E-state index is -0.185. The fraction of sp³-hybridized carbons (Fsp3) is 1.00. The molecule has 0 amide bonds. The van der Waals surface area contributed by atoms with Gasteiger partial charge in [0.15, 0.2) is 0 Å². The molecule has 1 rings (SSSR count). The molecular weight excluding hydrogens is 176 g/mol. The van der Waals surface area contributed by atoms with Gasteiger partial charge in [-0.15, -0.1) is 0 Å². The van der Waals surface area contributed by atoms with Crippen molar-refractivity contribution in [2.75, 3.05) is 26.2 Å². The molecule has 1 aliphatic rings. The highest BCUT2D eigenvalue weighted by Crippen LogP contribution is 2.10. The van der Waals surface area contributed by atoms with E-state index in [-0.39, 0.29) is 6.10 Å². The summed E-state index contributed by atoms with van der Waals surface area (Å²) in [4.78, 5) is 2.36. The topological polar surface area (TPSA) is 35.5 Å². The number of nitrogens with one attached hydrogen (secondary N) is 1. The van der Waals surface area contributed by atoms with Gasteiger partial charge in [-0.3, -0.25) is 0 Å². The van der Waals surface area contributed by atoms with Gasteiger partial charge in [-0.05, 0) is 45.8 Å². The molecule has 84 valence electrons. The molecule has 1 atom stereocenters. The summed E-state index contributed by atoms with van der Waals surface area (Å²) in [6, 6.07) is 0.709. The molecule has 1 saturated heterocycles. The lowest BCUT2D eigenvalue weighted by atomic mass is 10.0. The summed E-state index contributed by atoms with van der Waals surface area (Å²) in [6.45, 7) is 8.30. The molecule has 14 heavy (non-hydrogen) atoms. The lowest BCUT2D eigenvalue weighted by Crippen LogP contribution is -2.44. The second-order valence-corrected chi connectivity index (χ2v) is 4.38. The number of hydrogen-bond acceptors (Lipinski definition) is 3. The number of β-amino-alcohol motifs (C(OH)–C–C–N with tert-alkyl or cyclic N) is 1. The van der Waals surface area contributed by atoms with Crippen molar-refractivity contribution in [1.82, 2.24) is 10.2 Å². The first-order valence-electron chi connectivity index (χ1n) is 5.86. The smallest absolute Gasteiger partial charge is 0.0639 e. The Balaban J connectivity index is 2.11. The third-order valence-electron chi connectivity index (χ3n) is 2.79. The van der Waals surface area contributed by atoms with Crippen LogP contribution in [0.25, 0.3) is 0 Å². The van der Waals surface area contributed by atoms with Crippen LogP contribution >= 0.6 is 0 Å². The van der Waals surface area contributed by atoms with E-state index in [1.54, 1.807) is 0 Å². The van der Waals surface area contributed by atoms with Crippen LogP contribution in [0.2, 0.25) is 0 Å². The van der Waals surface area contributed by atoms with Gasteiger partial charge in [0.2, 0.25) is 0 Å². The van der Waals surface area contributed by atoms with Crippen LogP contribution in [0.5, 0.6) is 0 Å². The first kappa shape index (κ1) is 12.0. The van der Waals surface area contributed by atoms with Crippen molar-refractivity contribution in [2.45, 2.75) is 45.3 Å². The van der Waals surface area contributed by atoms with Crippen LogP contribution < -0.4 is 5.32 Å². The number of likely N-dealkylation sites (tertiary alicyclic amines) is 1. The minimum absolute atomic E-state index is 0.185. The normalized spacial score (nSPS) is 22.5. The fourth-order valence-corrected chi connectivity index (χ4v) is 2.04. The molecule has 3 heteroatoms. The summed E-state index contributed by atoms with van der Waals surface area (Å²) < 4.78 is 0. The molecular formula is C11H24N2O. The van der Waals surface area contributed by atoms with Crippen LogP contribution in [0.3, 0.4) is 0 Å². The molecule has 0 spiro atoms. The Morgan fingerprint density at radius 2 is 2.07 bits per heavy atom. The molecule has 0 aromatic heterocycles. The zero-order valence-corrected chi connectivity index (χ0v) is 9.50. The molecule has 1 heterocycles. The van der Waals surface area contributed by atoms with E-state index in [9.17, 15) is 5.11 Å². The quantitative estimate of drug-likeness (QED) is 0.690. The molecule has 0 bridgehead atoms. The SMILES string of the molecule is CCCNC1CCN(CC(C)O)CC1. The van der Waals surface area contributed by atoms with Gasteiger partial charge in [0.05, 0.1) is 6.10 Å². The number of hydrogen-bond donors (Lipinski definition) is 2. The van der Waals surface area contributed by atoms with Gasteiger partial charge in [-0.1, -0.05) is 6.92 Å². The zero-order valence-electron chi connectivity index (χ0n) is 9.50. The monoisotopic (exact) mass is 200 g/mol. The maximum atomic E-state index is 9.25. The third kappa shape index (κ3) is 4.40. The predicted octanol–water partition coefficient (Wildman–Crippen LogP) is 0.831. The lowest BCUT2D eigenvalue weighted by Gasteiger charge is -2.33. The Labute approximate surface area is 87.5 Å². The number of piperidine rings is 1. The van der Waals surface area contributed by atoms with E-state index in [0.717, 1.165) is 26.2 Å². The van der Waals surface area contributed by atoms with Crippen LogP contribution in [-0.4, -0.2) is 48.3 Å². The Hall–Kier alpha value is -0.120. The summed E-state index contributed by atoms with van der Waals surface area (Å²) in [7, 11) is 0. The fourth-order valence-electron chi connectivity index (χ4n) is 2.04. The first-order chi connectivity index (χ1) is 6.72. The molecule has 1 aliphatic heterocycles. The van der Waals surface area contributed by atoms with Gasteiger partial charge in [-0.25, -0.2) is 0 Å². The Kier molecular flexibility index (Phi) is 5.45. The number of aliphatic hydroxyl groups is 1. The standard InChI is InChI=1S/C11H24N2O/c1-3-6-12-11-4-7-13(8-5-11)9-10(2)14/h10-12,14H,3-9H2,1-2H3. The van der Waals surface area contributed by atoms with Crippen molar-refractivity contribution >= 4 is 0 Å². The second kappa shape index (κ2) is 6.38. The molecule has 0 radical (unpaired) electrons. The average molecular weight is 200 g/mol. The average Bonchev–Trinajstić information content (AvgIpc) is 2.16. The maximum absolute atomic E-state index is 9.25. The van der Waals surface area contributed by atoms with E-state index in [2.05, 4.69) is 17.1 Å². The van der Waals surface area contributed by atoms with Crippen molar-refractivity contribution < 1.29 is 5.11 Å². The maximum Gasteiger partial charge on any atom is 0.0639 e. The summed E-state index contributed by atoms with van der Waals surface area (Å²) >= 11 is 0. The number of rotatable bonds is 5. The highest BCUT2D eigenvalue weighted by atomic mass is 16.3. The molecule has 2 N–H and O–H groups in total. The summed E-state index contributed by atoms with van der Waals surface area (Å²) in [6.07, 6.45) is 3.49. The summed E-state index contributed by atoms with van der Waals surface area (Å²) in [5.41, 5.74) is 0. The van der Waals surface area contributed by atoms with Crippen molar-refractivity contribution in [2.24, 2.45) is 0 Å². The van der Waals surface area contributed by atoms with E-state index >= 15 is 0 Å². The van der Waals surface area contributed by atoms with E-state index < -0.39 is 0 Å². The van der Waals surface area contributed by atoms with Gasteiger partial charge in [0.1, 0.15) is 0 Å². The van der Waals surface area contributed by atoms with Gasteiger partial charge < -0.3 is 15.3 Å². The molecule has 0 saturated carbocycles. The van der Waals surface area contributed by atoms with Crippen LogP contribution in [0.4, 0.5) is 0 Å². The largest absolute Gasteiger partial charge is 0.392 e. The van der Waals surface area contributed by atoms with Gasteiger partial charge in [0.25, 0.3) is 0 Å². The van der Waals surface area contributed by atoms with E-state index in [0.29, 0.717) is 6.04 Å². The molecule has 0 aliphatic carbocycles. The summed E-state index contributed by atoms with van der Waals surface area (Å²) in [5, 5.41) is 12.8. The van der Waals surface area contributed by atoms with E-state index in [1.165, 1.54) is 19.3 Å². The minimum Gasteiger partial charge on any atom is -0.392 e. The van der Waals surface area contributed by atoms with E-state index in [1.807, 2.05) is 6.92 Å². The second-order valence-electron chi connectivity index (χ2n) is 4.38. The lowest BCUT2D eigenvalue weighted by molar-refractivity contribution is 0.106. The number of aliphatic hydroxyl groups excluding tert-OH is 1. The predicted molar refractivity (Wildman–Crippen MR) is 59.4 cm³/mol. The van der Waals surface area contributed by atoms with Gasteiger partial charge in [-0.2, -0.15) is 0 Å². The van der Waals surface area contributed by atoms with E-state index in [4.69, 9.17) is 0 Å². The highest BCUT2D eigenvalue weighted by Gasteiger charge is 2.18. The van der Waals surface area contributed by atoms with Crippen molar-refractivity contribution in [3.63, 3.8) is 0 Å². The third-order valence-corrected chi connectivity index (χ3v) is 2.79. The molecule has 0 aromatic rings. The molecule has 1 unspecified atom stereocenters. The zero-order chi connectivity index (χ0) is 10.4. The van der Waals surface area contributed by atoms with Crippen LogP contribution in [0.15, 0.2) is 0 Å². The van der Waals surface area contributed by atoms with Crippen molar-refractivity contribution in [1.29, 1.82) is 0 Å². The molecule has 1 fully saturated rings. The molecule has 0 aromatic carbocycles. The highest BCUT2D eigenvalue weighted by molar-refractivity contribution is 4.77. The van der Waals surface area contributed by atoms with Gasteiger partial charge in [0, 0.05) is 12.6 Å². The van der Waals surface area contributed by atoms with Crippen molar-refractivity contribution in [3.05, 3.63) is 0 Å². The van der Waals surface area contributed by atoms with Crippen molar-refractivity contribution in [3.8, 4) is 0 Å². The van der Waals surface area contributed by atoms with Gasteiger partial charge >= 0.3 is 0 Å². The van der Waals surface area contributed by atoms with Crippen LogP contribution in [-0.2, 0) is 0 Å². The number of nitrogens with zero attached hydrogens (tertiary/aromatic N) is 1. The Morgan fingerprint density at radius 3 is 2.57 bits per heavy atom. The Bertz CT molecular complexity index is 142. The van der Waals surface area contributed by atoms with Crippen LogP contribution in [0.1, 0.15) is 33.1 Å². The summed E-state index contributed by atoms with van der Waals surface area (Å²) in [5.74, 6) is 0. The first-order valence-corrected chi connectivity index (χ1v) is 5.86.